The number of nitrogens with zero attached hydrogens (tertiary/aromatic N) is 3. The molecule has 0 aliphatic heterocycles. The van der Waals surface area contributed by atoms with E-state index in [1.54, 1.807) is 18.3 Å². The molecule has 0 amide bonds. The minimum absolute atomic E-state index is 0.0340. The van der Waals surface area contributed by atoms with Crippen LogP contribution in [-0.2, 0) is 10.8 Å². The third kappa shape index (κ3) is 8.80. The minimum Gasteiger partial charge on any atom is -0.507 e. The molecule has 8 aromatic carbocycles. The van der Waals surface area contributed by atoms with Crippen molar-refractivity contribution >= 4 is 11.0 Å². The number of imidazole rings is 1. The third-order valence-corrected chi connectivity index (χ3v) is 13.0. The van der Waals surface area contributed by atoms with Crippen LogP contribution in [-0.4, -0.2) is 19.6 Å². The first-order chi connectivity index (χ1) is 38.1. The first-order valence-electron chi connectivity index (χ1n) is 29.0. The molecule has 0 aliphatic rings. The first kappa shape index (κ1) is 32.8. The second kappa shape index (κ2) is 17.7. The molecule has 0 bridgehead atoms. The molecule has 4 heteroatoms. The van der Waals surface area contributed by atoms with Gasteiger partial charge >= 0.3 is 0 Å². The van der Waals surface area contributed by atoms with Crippen LogP contribution in [0, 0.1) is 20.7 Å². The Morgan fingerprint density at radius 3 is 1.78 bits per heavy atom. The van der Waals surface area contributed by atoms with Crippen LogP contribution in [0.1, 0.15) is 85.6 Å². The number of benzene rings is 8. The van der Waals surface area contributed by atoms with E-state index in [1.807, 2.05) is 146 Å². The number of phenolic OH excluding ortho intramolecular Hbond substituents is 1. The molecule has 2 heterocycles. The largest absolute Gasteiger partial charge is 0.507 e. The molecule has 10 aromatic rings. The summed E-state index contributed by atoms with van der Waals surface area (Å²) in [7, 11) is 0. The number of phenols is 1. The Labute approximate surface area is 424 Å². The van der Waals surface area contributed by atoms with Crippen molar-refractivity contribution in [2.75, 3.05) is 0 Å². The summed E-state index contributed by atoms with van der Waals surface area (Å²) in [6.45, 7) is -2.55. The Morgan fingerprint density at radius 2 is 1.10 bits per heavy atom. The maximum absolute atomic E-state index is 12.1. The maximum atomic E-state index is 12.1. The van der Waals surface area contributed by atoms with E-state index in [0.29, 0.717) is 56.1 Å². The van der Waals surface area contributed by atoms with Gasteiger partial charge in [0, 0.05) is 39.3 Å². The summed E-state index contributed by atoms with van der Waals surface area (Å²) in [5, 5.41) is 12.1. The van der Waals surface area contributed by atoms with Gasteiger partial charge in [-0.1, -0.05) is 169 Å². The Morgan fingerprint density at radius 1 is 0.478 bits per heavy atom. The summed E-state index contributed by atoms with van der Waals surface area (Å²) in [4.78, 5) is 10.3. The zero-order chi connectivity index (χ0) is 58.2. The SMILES string of the molecule is [2H]C([2H])([2H])c1cc(-n2c(-c3cc(C)cc(C)c3O)nc3c(-c4cc(-c5ccccc5)cc(-c5cc(-c6ccc(C(C([2H])([2H])[2H])(C([2H])([2H])[2H])C([2H])([2H])[2H])cc6)ccn5)c4)cccc32)c(-c2ccccc2)cc1-c1ccc(C(C)(C)C)cc1. The maximum Gasteiger partial charge on any atom is 0.149 e. The van der Waals surface area contributed by atoms with E-state index < -0.39 is 32.8 Å². The second-order valence-corrected chi connectivity index (χ2v) is 19.0. The fraction of sp³-hybridized carbons (Fsp3) is 0.169. The summed E-state index contributed by atoms with van der Waals surface area (Å²) in [5.41, 5.74) is 10.1. The van der Waals surface area contributed by atoms with Gasteiger partial charge in [0.15, 0.2) is 0 Å². The van der Waals surface area contributed by atoms with Gasteiger partial charge in [0.2, 0.25) is 0 Å². The second-order valence-electron chi connectivity index (χ2n) is 19.0. The highest BCUT2D eigenvalue weighted by atomic mass is 16.3. The molecular formula is C65H59N3O. The number of pyridine rings is 1. The number of fused-ring (bicyclic) bond motifs is 1. The Kier molecular flexibility index (Phi) is 8.41. The van der Waals surface area contributed by atoms with Crippen LogP contribution in [0.25, 0.3) is 95.0 Å². The van der Waals surface area contributed by atoms with Crippen LogP contribution in [0.4, 0.5) is 0 Å². The molecular weight excluding hydrogens is 839 g/mol. The number of hydrogen-bond donors (Lipinski definition) is 1. The Balaban J connectivity index is 1.20. The molecule has 4 nitrogen and oxygen atoms in total. The molecule has 0 radical (unpaired) electrons. The molecule has 0 saturated carbocycles. The van der Waals surface area contributed by atoms with E-state index in [2.05, 4.69) is 39.0 Å². The van der Waals surface area contributed by atoms with Gasteiger partial charge in [-0.3, -0.25) is 9.55 Å². The average Bonchev–Trinajstić information content (AvgIpc) is 2.79. The standard InChI is InChI=1S/C65H59N3O/c1-41-33-43(3)62(69)57(34-41)63-67-61-54(50-36-49(44-17-12-10-13-18-44)37-51(38-50)58-39-48(31-32-66-58)45-23-27-52(28-24-45)64(4,5)6)21-16-22-59(61)68(63)60-35-42(2)55(40-56(60)46-19-14-11-15-20-46)47-25-29-53(30-26-47)65(7,8)9/h10-40,69H,1-9H3/i2D3,4D3,5D3,6D3. The van der Waals surface area contributed by atoms with Crippen molar-refractivity contribution in [3.8, 4) is 89.7 Å². The molecule has 10 rings (SSSR count). The monoisotopic (exact) mass is 910 g/mol. The van der Waals surface area contributed by atoms with Crippen molar-refractivity contribution in [1.29, 1.82) is 0 Å². The van der Waals surface area contributed by atoms with Gasteiger partial charge in [-0.2, -0.15) is 0 Å². The van der Waals surface area contributed by atoms with Crippen molar-refractivity contribution in [2.45, 2.75) is 72.9 Å². The number of aryl methyl sites for hydroxylation is 3. The molecule has 0 fully saturated rings. The summed E-state index contributed by atoms with van der Waals surface area (Å²) < 4.78 is 103. The lowest BCUT2D eigenvalue weighted by molar-refractivity contribution is 0.472. The van der Waals surface area contributed by atoms with Crippen LogP contribution >= 0.6 is 0 Å². The summed E-state index contributed by atoms with van der Waals surface area (Å²) in [5.74, 6) is 0.429. The van der Waals surface area contributed by atoms with Crippen molar-refractivity contribution in [1.82, 2.24) is 14.5 Å². The van der Waals surface area contributed by atoms with Crippen LogP contribution in [0.3, 0.4) is 0 Å². The van der Waals surface area contributed by atoms with Crippen LogP contribution in [0.5, 0.6) is 5.75 Å². The molecule has 2 aromatic heterocycles. The van der Waals surface area contributed by atoms with Gasteiger partial charge in [0.1, 0.15) is 11.6 Å². The minimum atomic E-state index is -3.40. The number of hydrogen-bond acceptors (Lipinski definition) is 3. The van der Waals surface area contributed by atoms with Gasteiger partial charge in [-0.25, -0.2) is 4.98 Å². The van der Waals surface area contributed by atoms with E-state index in [9.17, 15) is 5.11 Å². The molecule has 0 aliphatic carbocycles. The zero-order valence-corrected chi connectivity index (χ0v) is 39.2. The quantitative estimate of drug-likeness (QED) is 0.165. The van der Waals surface area contributed by atoms with Crippen molar-refractivity contribution in [2.24, 2.45) is 0 Å². The van der Waals surface area contributed by atoms with Crippen LogP contribution < -0.4 is 0 Å². The van der Waals surface area contributed by atoms with E-state index in [1.165, 1.54) is 24.3 Å². The summed E-state index contributed by atoms with van der Waals surface area (Å²) >= 11 is 0. The number of aromatic nitrogens is 3. The third-order valence-electron chi connectivity index (χ3n) is 13.0. The lowest BCUT2D eigenvalue weighted by Crippen LogP contribution is -2.10. The van der Waals surface area contributed by atoms with Gasteiger partial charge in [-0.15, -0.1) is 0 Å². The Bertz CT molecular complexity index is 3950. The Hall–Kier alpha value is -7.82. The fourth-order valence-corrected chi connectivity index (χ4v) is 9.31. The molecule has 0 spiro atoms. The molecule has 0 saturated heterocycles. The average molecular weight is 910 g/mol. The normalized spacial score (nSPS) is 15.2. The highest BCUT2D eigenvalue weighted by Crippen LogP contribution is 2.44. The van der Waals surface area contributed by atoms with Crippen molar-refractivity contribution in [3.05, 3.63) is 216 Å². The number of rotatable bonds is 8. The smallest absolute Gasteiger partial charge is 0.149 e. The van der Waals surface area contributed by atoms with Crippen molar-refractivity contribution in [3.63, 3.8) is 0 Å². The van der Waals surface area contributed by atoms with Gasteiger partial charge in [0.05, 0.1) is 28.0 Å². The molecule has 69 heavy (non-hydrogen) atoms. The van der Waals surface area contributed by atoms with E-state index in [-0.39, 0.29) is 22.3 Å². The predicted molar refractivity (Wildman–Crippen MR) is 290 cm³/mol. The van der Waals surface area contributed by atoms with E-state index in [0.717, 1.165) is 55.6 Å². The first-order valence-corrected chi connectivity index (χ1v) is 23.0. The number of para-hydroxylation sites is 1. The highest BCUT2D eigenvalue weighted by Gasteiger charge is 2.25. The lowest BCUT2D eigenvalue weighted by atomic mass is 9.85. The van der Waals surface area contributed by atoms with Gasteiger partial charge in [0.25, 0.3) is 0 Å². The van der Waals surface area contributed by atoms with Crippen molar-refractivity contribution < 1.29 is 21.6 Å². The fourth-order valence-electron chi connectivity index (χ4n) is 9.31. The molecule has 1 N–H and O–H groups in total. The molecule has 340 valence electrons. The summed E-state index contributed by atoms with van der Waals surface area (Å²) in [6, 6.07) is 56.5. The molecule has 0 atom stereocenters. The van der Waals surface area contributed by atoms with Gasteiger partial charge in [-0.05, 0) is 158 Å². The van der Waals surface area contributed by atoms with Gasteiger partial charge < -0.3 is 5.11 Å². The topological polar surface area (TPSA) is 50.9 Å². The highest BCUT2D eigenvalue weighted by molar-refractivity contribution is 5.99. The lowest BCUT2D eigenvalue weighted by Gasteiger charge is -2.21. The number of aromatic hydroxyl groups is 1. The van der Waals surface area contributed by atoms with Crippen LogP contribution in [0.15, 0.2) is 188 Å². The summed E-state index contributed by atoms with van der Waals surface area (Å²) in [6.07, 6.45) is 1.64. The van der Waals surface area contributed by atoms with Crippen LogP contribution in [0.2, 0.25) is 0 Å². The zero-order valence-electron chi connectivity index (χ0n) is 51.2. The van der Waals surface area contributed by atoms with E-state index in [4.69, 9.17) is 26.4 Å². The predicted octanol–water partition coefficient (Wildman–Crippen LogP) is 17.3. The molecule has 0 unspecified atom stereocenters. The van der Waals surface area contributed by atoms with E-state index >= 15 is 0 Å².